The normalized spacial score (nSPS) is 18.5. The van der Waals surface area contributed by atoms with Gasteiger partial charge in [-0.25, -0.2) is 0 Å². The van der Waals surface area contributed by atoms with E-state index in [0.29, 0.717) is 18.3 Å². The highest BCUT2D eigenvalue weighted by molar-refractivity contribution is 8.14. The van der Waals surface area contributed by atoms with Crippen molar-refractivity contribution < 1.29 is 9.53 Å². The van der Waals surface area contributed by atoms with Gasteiger partial charge in [0.15, 0.2) is 5.17 Å². The average molecular weight is 286 g/mol. The molecule has 0 radical (unpaired) electrons. The summed E-state index contributed by atoms with van der Waals surface area (Å²) in [6, 6.07) is 0. The number of hydrogen-bond donors (Lipinski definition) is 1. The fraction of sp³-hybridized carbons (Fsp3) is 0.857. The summed E-state index contributed by atoms with van der Waals surface area (Å²) in [5.74, 6) is 0.646. The Kier molecular flexibility index (Phi) is 7.94. The monoisotopic (exact) mass is 286 g/mol. The molecule has 1 rings (SSSR count). The Morgan fingerprint density at radius 1 is 1.47 bits per heavy atom. The smallest absolute Gasteiger partial charge is 0.305 e. The van der Waals surface area contributed by atoms with Gasteiger partial charge in [-0.05, 0) is 19.3 Å². The minimum Gasteiger partial charge on any atom is -0.466 e. The second-order valence-corrected chi connectivity index (χ2v) is 5.94. The summed E-state index contributed by atoms with van der Waals surface area (Å²) >= 11 is 1.86. The van der Waals surface area contributed by atoms with E-state index in [0.717, 1.165) is 30.6 Å². The number of ether oxygens (including phenoxy) is 1. The van der Waals surface area contributed by atoms with Gasteiger partial charge >= 0.3 is 5.97 Å². The molecule has 0 aromatic rings. The fourth-order valence-electron chi connectivity index (χ4n) is 2.21. The van der Waals surface area contributed by atoms with E-state index < -0.39 is 0 Å². The fourth-order valence-corrected chi connectivity index (χ4v) is 3.56. The predicted octanol–water partition coefficient (Wildman–Crippen LogP) is 2.83. The highest BCUT2D eigenvalue weighted by Crippen LogP contribution is 2.30. The van der Waals surface area contributed by atoms with E-state index in [1.807, 2.05) is 18.7 Å². The molecule has 1 unspecified atom stereocenters. The van der Waals surface area contributed by atoms with Crippen LogP contribution in [0.5, 0.6) is 0 Å². The lowest BCUT2D eigenvalue weighted by Gasteiger charge is -2.18. The summed E-state index contributed by atoms with van der Waals surface area (Å²) in [4.78, 5) is 15.7. The van der Waals surface area contributed by atoms with Crippen molar-refractivity contribution in [3.05, 3.63) is 0 Å². The molecule has 1 N–H and O–H groups in total. The number of carbonyl (C=O) groups excluding carboxylic acids is 1. The van der Waals surface area contributed by atoms with Gasteiger partial charge in [-0.2, -0.15) is 0 Å². The summed E-state index contributed by atoms with van der Waals surface area (Å²) in [6.45, 7) is 8.51. The topological polar surface area (TPSA) is 50.7 Å². The van der Waals surface area contributed by atoms with Crippen molar-refractivity contribution in [1.29, 1.82) is 0 Å². The number of nitrogens with one attached hydrogen (secondary N) is 1. The van der Waals surface area contributed by atoms with Crippen molar-refractivity contribution in [1.82, 2.24) is 5.32 Å². The summed E-state index contributed by atoms with van der Waals surface area (Å²) in [7, 11) is 0. The average Bonchev–Trinajstić information content (AvgIpc) is 2.85. The third-order valence-corrected chi connectivity index (χ3v) is 4.73. The molecule has 0 fully saturated rings. The van der Waals surface area contributed by atoms with Crippen LogP contribution in [0.3, 0.4) is 0 Å². The van der Waals surface area contributed by atoms with Gasteiger partial charge in [0.2, 0.25) is 0 Å². The van der Waals surface area contributed by atoms with Crippen LogP contribution in [0.2, 0.25) is 0 Å². The number of aliphatic imine (C=N–C) groups is 1. The van der Waals surface area contributed by atoms with E-state index in [4.69, 9.17) is 4.74 Å². The highest BCUT2D eigenvalue weighted by atomic mass is 32.2. The molecule has 0 aromatic heterocycles. The first kappa shape index (κ1) is 16.3. The van der Waals surface area contributed by atoms with Crippen molar-refractivity contribution in [2.24, 2.45) is 10.9 Å². The third kappa shape index (κ3) is 5.85. The zero-order chi connectivity index (χ0) is 14.1. The van der Waals surface area contributed by atoms with E-state index >= 15 is 0 Å². The standard InChI is InChI=1S/C14H26N2O2S/c1-4-11(5-2)12-10-16-14(19-12)15-9-7-8-13(17)18-6-3/h11-12H,4-10H2,1-3H3,(H,15,16). The van der Waals surface area contributed by atoms with E-state index in [-0.39, 0.29) is 5.97 Å². The van der Waals surface area contributed by atoms with Crippen LogP contribution in [0.25, 0.3) is 0 Å². The lowest BCUT2D eigenvalue weighted by molar-refractivity contribution is -0.143. The van der Waals surface area contributed by atoms with Crippen molar-refractivity contribution in [2.75, 3.05) is 19.7 Å². The summed E-state index contributed by atoms with van der Waals surface area (Å²) in [5.41, 5.74) is 0. The molecule has 0 aliphatic carbocycles. The maximum atomic E-state index is 11.2. The van der Waals surface area contributed by atoms with Gasteiger partial charge in [-0.1, -0.05) is 38.5 Å². The Morgan fingerprint density at radius 3 is 2.84 bits per heavy atom. The molecule has 5 heteroatoms. The first-order valence-corrected chi connectivity index (χ1v) is 8.19. The van der Waals surface area contributed by atoms with Crippen molar-refractivity contribution in [2.45, 2.75) is 51.7 Å². The molecule has 0 amide bonds. The van der Waals surface area contributed by atoms with Gasteiger partial charge in [0.05, 0.1) is 13.2 Å². The molecule has 0 saturated carbocycles. The van der Waals surface area contributed by atoms with Crippen molar-refractivity contribution >= 4 is 22.9 Å². The minimum atomic E-state index is -0.111. The number of nitrogens with zero attached hydrogens (tertiary/aromatic N) is 1. The molecular formula is C14H26N2O2S. The van der Waals surface area contributed by atoms with Gasteiger partial charge in [0, 0.05) is 18.2 Å². The van der Waals surface area contributed by atoms with Crippen LogP contribution in [0.4, 0.5) is 0 Å². The molecular weight excluding hydrogens is 260 g/mol. The zero-order valence-corrected chi connectivity index (χ0v) is 13.1. The Labute approximate surface area is 120 Å². The third-order valence-electron chi connectivity index (χ3n) is 3.39. The first-order chi connectivity index (χ1) is 9.21. The maximum Gasteiger partial charge on any atom is 0.305 e. The van der Waals surface area contributed by atoms with Gasteiger partial charge in [0.1, 0.15) is 0 Å². The number of amidine groups is 1. The summed E-state index contributed by atoms with van der Waals surface area (Å²) < 4.78 is 4.89. The molecule has 1 atom stereocenters. The Morgan fingerprint density at radius 2 is 2.21 bits per heavy atom. The second kappa shape index (κ2) is 9.23. The molecule has 19 heavy (non-hydrogen) atoms. The molecule has 110 valence electrons. The quantitative estimate of drug-likeness (QED) is 0.550. The largest absolute Gasteiger partial charge is 0.466 e. The second-order valence-electron chi connectivity index (χ2n) is 4.71. The van der Waals surface area contributed by atoms with Crippen molar-refractivity contribution in [3.8, 4) is 0 Å². The minimum absolute atomic E-state index is 0.111. The zero-order valence-electron chi connectivity index (χ0n) is 12.3. The van der Waals surface area contributed by atoms with Crippen LogP contribution >= 0.6 is 11.8 Å². The van der Waals surface area contributed by atoms with Crippen LogP contribution in [-0.4, -0.2) is 36.1 Å². The Balaban J connectivity index is 2.13. The number of thioether (sulfide) groups is 1. The van der Waals surface area contributed by atoms with Crippen molar-refractivity contribution in [3.63, 3.8) is 0 Å². The number of esters is 1. The molecule has 0 saturated heterocycles. The molecule has 0 bridgehead atoms. The Bertz CT molecular complexity index is 304. The molecule has 1 heterocycles. The molecule has 1 aliphatic rings. The van der Waals surface area contributed by atoms with E-state index in [2.05, 4.69) is 24.2 Å². The van der Waals surface area contributed by atoms with E-state index in [9.17, 15) is 4.79 Å². The first-order valence-electron chi connectivity index (χ1n) is 7.31. The van der Waals surface area contributed by atoms with Gasteiger partial charge in [0.25, 0.3) is 0 Å². The molecule has 0 spiro atoms. The van der Waals surface area contributed by atoms with Gasteiger partial charge in [-0.15, -0.1) is 0 Å². The molecule has 4 nitrogen and oxygen atoms in total. The van der Waals surface area contributed by atoms with Gasteiger partial charge < -0.3 is 10.1 Å². The number of hydrogen-bond acceptors (Lipinski definition) is 5. The predicted molar refractivity (Wildman–Crippen MR) is 81.6 cm³/mol. The van der Waals surface area contributed by atoms with Crippen LogP contribution in [0.15, 0.2) is 4.99 Å². The van der Waals surface area contributed by atoms with E-state index in [1.165, 1.54) is 12.8 Å². The Hall–Kier alpha value is -0.710. The maximum absolute atomic E-state index is 11.2. The van der Waals surface area contributed by atoms with Gasteiger partial charge in [-0.3, -0.25) is 9.79 Å². The lowest BCUT2D eigenvalue weighted by Crippen LogP contribution is -2.23. The highest BCUT2D eigenvalue weighted by Gasteiger charge is 2.25. The summed E-state index contributed by atoms with van der Waals surface area (Å²) in [5, 5.41) is 4.99. The van der Waals surface area contributed by atoms with Crippen LogP contribution in [0.1, 0.15) is 46.5 Å². The number of rotatable bonds is 8. The van der Waals surface area contributed by atoms with Crippen LogP contribution < -0.4 is 5.32 Å². The lowest BCUT2D eigenvalue weighted by atomic mass is 9.99. The number of carbonyl (C=O) groups is 1. The van der Waals surface area contributed by atoms with Crippen LogP contribution in [-0.2, 0) is 9.53 Å². The van der Waals surface area contributed by atoms with E-state index in [1.54, 1.807) is 0 Å². The summed E-state index contributed by atoms with van der Waals surface area (Å²) in [6.07, 6.45) is 3.72. The SMILES string of the molecule is CCOC(=O)CCCNC1=NCC(C(CC)CC)S1. The van der Waals surface area contributed by atoms with Crippen LogP contribution in [0, 0.1) is 5.92 Å². The molecule has 1 aliphatic heterocycles. The molecule has 0 aromatic carbocycles.